The minimum Gasteiger partial charge on any atom is -0.497 e. The highest BCUT2D eigenvalue weighted by Crippen LogP contribution is 2.17. The first-order valence-electron chi connectivity index (χ1n) is 7.37. The largest absolute Gasteiger partial charge is 0.497 e. The standard InChI is InChI=1S/C16H26N2O/c1-19-16-8-2-5-14(11-16)6-3-9-18-10-4-7-15(12-17)13-18/h2,5,8,11,15H,3-4,6-7,9-10,12-13,17H2,1H3. The van der Waals surface area contributed by atoms with Crippen molar-refractivity contribution in [2.45, 2.75) is 25.7 Å². The second-order valence-electron chi connectivity index (χ2n) is 5.50. The van der Waals surface area contributed by atoms with E-state index < -0.39 is 0 Å². The van der Waals surface area contributed by atoms with E-state index in [4.69, 9.17) is 10.5 Å². The number of piperidine rings is 1. The average Bonchev–Trinajstić information content (AvgIpc) is 2.48. The number of hydrogen-bond acceptors (Lipinski definition) is 3. The van der Waals surface area contributed by atoms with E-state index >= 15 is 0 Å². The van der Waals surface area contributed by atoms with Gasteiger partial charge >= 0.3 is 0 Å². The van der Waals surface area contributed by atoms with Crippen molar-refractivity contribution in [3.05, 3.63) is 29.8 Å². The van der Waals surface area contributed by atoms with Crippen LogP contribution in [0, 0.1) is 5.92 Å². The molecule has 0 spiro atoms. The number of aryl methyl sites for hydroxylation is 1. The van der Waals surface area contributed by atoms with Crippen molar-refractivity contribution >= 4 is 0 Å². The van der Waals surface area contributed by atoms with Crippen LogP contribution in [0.3, 0.4) is 0 Å². The monoisotopic (exact) mass is 262 g/mol. The third kappa shape index (κ3) is 4.51. The van der Waals surface area contributed by atoms with Crippen molar-refractivity contribution in [1.82, 2.24) is 4.90 Å². The lowest BCUT2D eigenvalue weighted by Crippen LogP contribution is -2.38. The summed E-state index contributed by atoms with van der Waals surface area (Å²) in [6.45, 7) is 4.46. The van der Waals surface area contributed by atoms with E-state index in [-0.39, 0.29) is 0 Å². The molecule has 0 radical (unpaired) electrons. The molecule has 0 saturated carbocycles. The van der Waals surface area contributed by atoms with Crippen LogP contribution in [0.2, 0.25) is 0 Å². The molecular formula is C16H26N2O. The molecule has 0 aliphatic carbocycles. The Morgan fingerprint density at radius 2 is 2.32 bits per heavy atom. The Bertz CT molecular complexity index is 381. The minimum absolute atomic E-state index is 0.713. The van der Waals surface area contributed by atoms with Gasteiger partial charge in [0, 0.05) is 6.54 Å². The van der Waals surface area contributed by atoms with Crippen LogP contribution in [0.15, 0.2) is 24.3 Å². The number of nitrogens with zero attached hydrogens (tertiary/aromatic N) is 1. The molecule has 19 heavy (non-hydrogen) atoms. The van der Waals surface area contributed by atoms with E-state index in [9.17, 15) is 0 Å². The lowest BCUT2D eigenvalue weighted by molar-refractivity contribution is 0.176. The summed E-state index contributed by atoms with van der Waals surface area (Å²) in [5.41, 5.74) is 7.14. The fourth-order valence-corrected chi connectivity index (χ4v) is 2.88. The predicted molar refractivity (Wildman–Crippen MR) is 79.5 cm³/mol. The van der Waals surface area contributed by atoms with Gasteiger partial charge in [-0.15, -0.1) is 0 Å². The first-order valence-corrected chi connectivity index (χ1v) is 7.37. The van der Waals surface area contributed by atoms with Crippen molar-refractivity contribution < 1.29 is 4.74 Å². The van der Waals surface area contributed by atoms with Crippen LogP contribution < -0.4 is 10.5 Å². The number of hydrogen-bond donors (Lipinski definition) is 1. The highest BCUT2D eigenvalue weighted by Gasteiger charge is 2.17. The van der Waals surface area contributed by atoms with E-state index in [1.165, 1.54) is 44.5 Å². The number of nitrogens with two attached hydrogens (primary N) is 1. The molecule has 1 unspecified atom stereocenters. The van der Waals surface area contributed by atoms with Crippen molar-refractivity contribution in [2.24, 2.45) is 11.7 Å². The molecule has 1 atom stereocenters. The normalized spacial score (nSPS) is 20.4. The number of rotatable bonds is 6. The van der Waals surface area contributed by atoms with Crippen molar-refractivity contribution in [3.8, 4) is 5.75 Å². The summed E-state index contributed by atoms with van der Waals surface area (Å²) in [7, 11) is 1.72. The fraction of sp³-hybridized carbons (Fsp3) is 0.625. The van der Waals surface area contributed by atoms with Crippen molar-refractivity contribution in [1.29, 1.82) is 0 Å². The maximum atomic E-state index is 5.78. The van der Waals surface area contributed by atoms with Gasteiger partial charge < -0.3 is 15.4 Å². The summed E-state index contributed by atoms with van der Waals surface area (Å²) in [5, 5.41) is 0. The molecule has 1 aromatic rings. The first kappa shape index (κ1) is 14.4. The molecule has 3 nitrogen and oxygen atoms in total. The van der Waals surface area contributed by atoms with Crippen LogP contribution >= 0.6 is 0 Å². The molecule has 1 aliphatic heterocycles. The molecule has 0 bridgehead atoms. The second-order valence-corrected chi connectivity index (χ2v) is 5.50. The minimum atomic E-state index is 0.713. The summed E-state index contributed by atoms with van der Waals surface area (Å²) in [6, 6.07) is 8.39. The average molecular weight is 262 g/mol. The van der Waals surface area contributed by atoms with Crippen molar-refractivity contribution in [2.75, 3.05) is 33.3 Å². The predicted octanol–water partition coefficient (Wildman–Crippen LogP) is 2.30. The van der Waals surface area contributed by atoms with Gasteiger partial charge in [-0.05, 0) is 68.9 Å². The quantitative estimate of drug-likeness (QED) is 0.855. The summed E-state index contributed by atoms with van der Waals surface area (Å²) in [4.78, 5) is 2.57. The van der Waals surface area contributed by atoms with Gasteiger partial charge in [-0.25, -0.2) is 0 Å². The van der Waals surface area contributed by atoms with Crippen LogP contribution in [0.25, 0.3) is 0 Å². The summed E-state index contributed by atoms with van der Waals surface area (Å²) in [5.74, 6) is 1.67. The Balaban J connectivity index is 1.73. The van der Waals surface area contributed by atoms with E-state index in [0.717, 1.165) is 18.7 Å². The van der Waals surface area contributed by atoms with E-state index in [0.29, 0.717) is 5.92 Å². The number of likely N-dealkylation sites (tertiary alicyclic amines) is 1. The van der Waals surface area contributed by atoms with E-state index in [2.05, 4.69) is 23.1 Å². The van der Waals surface area contributed by atoms with Gasteiger partial charge in [0.1, 0.15) is 5.75 Å². The molecule has 2 rings (SSSR count). The lowest BCUT2D eigenvalue weighted by Gasteiger charge is -2.32. The van der Waals surface area contributed by atoms with Crippen LogP contribution in [0.1, 0.15) is 24.8 Å². The Morgan fingerprint density at radius 1 is 1.42 bits per heavy atom. The zero-order valence-corrected chi connectivity index (χ0v) is 12.0. The summed E-state index contributed by atoms with van der Waals surface area (Å²) < 4.78 is 5.26. The molecule has 3 heteroatoms. The van der Waals surface area contributed by atoms with Gasteiger partial charge in [-0.3, -0.25) is 0 Å². The Morgan fingerprint density at radius 3 is 3.11 bits per heavy atom. The number of ether oxygens (including phenoxy) is 1. The molecule has 0 amide bonds. The fourth-order valence-electron chi connectivity index (χ4n) is 2.88. The number of benzene rings is 1. The van der Waals surface area contributed by atoms with Crippen LogP contribution in [0.5, 0.6) is 5.75 Å². The van der Waals surface area contributed by atoms with Gasteiger partial charge in [0.15, 0.2) is 0 Å². The topological polar surface area (TPSA) is 38.5 Å². The molecular weight excluding hydrogens is 236 g/mol. The smallest absolute Gasteiger partial charge is 0.119 e. The first-order chi connectivity index (χ1) is 9.31. The van der Waals surface area contributed by atoms with Gasteiger partial charge in [0.2, 0.25) is 0 Å². The second kappa shape index (κ2) is 7.51. The highest BCUT2D eigenvalue weighted by molar-refractivity contribution is 5.28. The zero-order valence-electron chi connectivity index (χ0n) is 12.0. The molecule has 1 heterocycles. The maximum Gasteiger partial charge on any atom is 0.119 e. The van der Waals surface area contributed by atoms with Gasteiger partial charge in [0.05, 0.1) is 7.11 Å². The third-order valence-corrected chi connectivity index (χ3v) is 4.01. The molecule has 1 aliphatic rings. The molecule has 2 N–H and O–H groups in total. The Labute approximate surface area is 116 Å². The SMILES string of the molecule is COc1cccc(CCCN2CCCC(CN)C2)c1. The van der Waals surface area contributed by atoms with E-state index in [1.807, 2.05) is 6.07 Å². The summed E-state index contributed by atoms with van der Waals surface area (Å²) in [6.07, 6.45) is 4.95. The molecule has 106 valence electrons. The Kier molecular flexibility index (Phi) is 5.67. The Hall–Kier alpha value is -1.06. The van der Waals surface area contributed by atoms with Gasteiger partial charge in [0.25, 0.3) is 0 Å². The molecule has 1 saturated heterocycles. The zero-order chi connectivity index (χ0) is 13.5. The summed E-state index contributed by atoms with van der Waals surface area (Å²) >= 11 is 0. The third-order valence-electron chi connectivity index (χ3n) is 4.01. The highest BCUT2D eigenvalue weighted by atomic mass is 16.5. The van der Waals surface area contributed by atoms with Gasteiger partial charge in [-0.2, -0.15) is 0 Å². The maximum absolute atomic E-state index is 5.78. The van der Waals surface area contributed by atoms with Crippen LogP contribution in [0.4, 0.5) is 0 Å². The molecule has 0 aromatic heterocycles. The molecule has 1 fully saturated rings. The molecule has 1 aromatic carbocycles. The number of methoxy groups -OCH3 is 1. The van der Waals surface area contributed by atoms with E-state index in [1.54, 1.807) is 7.11 Å². The lowest BCUT2D eigenvalue weighted by atomic mass is 9.98. The van der Waals surface area contributed by atoms with Crippen molar-refractivity contribution in [3.63, 3.8) is 0 Å². The van der Waals surface area contributed by atoms with Crippen LogP contribution in [-0.4, -0.2) is 38.2 Å². The van der Waals surface area contributed by atoms with Gasteiger partial charge in [-0.1, -0.05) is 12.1 Å². The van der Waals surface area contributed by atoms with Crippen LogP contribution in [-0.2, 0) is 6.42 Å².